The van der Waals surface area contributed by atoms with Crippen molar-refractivity contribution in [1.82, 2.24) is 4.57 Å². The van der Waals surface area contributed by atoms with Gasteiger partial charge in [0.15, 0.2) is 11.5 Å². The zero-order valence-corrected chi connectivity index (χ0v) is 20.9. The number of ether oxygens (including phenoxy) is 2. The number of amides is 1. The Bertz CT molecular complexity index is 1090. The average molecular weight is 516 g/mol. The molecule has 2 atom stereocenters. The van der Waals surface area contributed by atoms with Gasteiger partial charge in [0.25, 0.3) is 5.91 Å². The van der Waals surface area contributed by atoms with Crippen molar-refractivity contribution in [3.8, 4) is 5.75 Å². The van der Waals surface area contributed by atoms with Crippen molar-refractivity contribution < 1.29 is 32.5 Å². The summed E-state index contributed by atoms with van der Waals surface area (Å²) in [6, 6.07) is 2.33. The fourth-order valence-electron chi connectivity index (χ4n) is 3.48. The number of rotatable bonds is 9. The van der Waals surface area contributed by atoms with E-state index in [2.05, 4.69) is 4.99 Å². The summed E-state index contributed by atoms with van der Waals surface area (Å²) in [6.07, 6.45) is 3.78. The minimum Gasteiger partial charge on any atom is -0.491 e. The molecule has 3 N–H and O–H groups in total. The zero-order valence-electron chi connectivity index (χ0n) is 20.1. The monoisotopic (exact) mass is 515 g/mol. The van der Waals surface area contributed by atoms with Gasteiger partial charge in [-0.15, -0.1) is 11.3 Å². The second kappa shape index (κ2) is 11.2. The van der Waals surface area contributed by atoms with Crippen molar-refractivity contribution in [2.75, 3.05) is 26.5 Å². The Morgan fingerprint density at radius 2 is 2.14 bits per heavy atom. The number of nitrogens with two attached hydrogens (primary N) is 1. The van der Waals surface area contributed by atoms with E-state index in [1.54, 1.807) is 0 Å². The molecule has 3 rings (SSSR count). The summed E-state index contributed by atoms with van der Waals surface area (Å²) in [5.74, 6) is -4.60. The number of hydrogen-bond donors (Lipinski definition) is 2. The van der Waals surface area contributed by atoms with Gasteiger partial charge in [0.05, 0.1) is 30.9 Å². The van der Waals surface area contributed by atoms with Crippen molar-refractivity contribution in [2.45, 2.75) is 63.6 Å². The highest BCUT2D eigenvalue weighted by molar-refractivity contribution is 7.09. The second-order valence-electron chi connectivity index (χ2n) is 9.64. The lowest BCUT2D eigenvalue weighted by Crippen LogP contribution is -2.31. The number of aliphatic hydroxyl groups excluding tert-OH is 1. The third kappa shape index (κ3) is 6.93. The Hall–Kier alpha value is -2.21. The van der Waals surface area contributed by atoms with E-state index in [9.17, 15) is 18.0 Å². The normalized spacial score (nSPS) is 18.2. The number of carbonyl (C=O) groups excluding carboxylic acids is 1. The number of aliphatic hydroxyl groups is 1. The Balaban J connectivity index is 2.05. The van der Waals surface area contributed by atoms with Crippen LogP contribution in [0.4, 0.5) is 13.2 Å². The number of carbonyl (C=O) groups is 1. The van der Waals surface area contributed by atoms with Crippen LogP contribution >= 0.6 is 11.3 Å². The van der Waals surface area contributed by atoms with Crippen LogP contribution in [0.5, 0.6) is 5.75 Å². The van der Waals surface area contributed by atoms with Gasteiger partial charge in [-0.2, -0.15) is 13.8 Å². The van der Waals surface area contributed by atoms with Gasteiger partial charge in [-0.3, -0.25) is 4.79 Å². The molecule has 1 aromatic heterocycles. The lowest BCUT2D eigenvalue weighted by Gasteiger charge is -2.17. The molecule has 2 aromatic rings. The first-order valence-corrected chi connectivity index (χ1v) is 12.2. The zero-order chi connectivity index (χ0) is 25.8. The first-order chi connectivity index (χ1) is 16.4. The molecule has 35 heavy (non-hydrogen) atoms. The third-order valence-corrected chi connectivity index (χ3v) is 7.01. The van der Waals surface area contributed by atoms with Crippen LogP contribution in [-0.2, 0) is 22.6 Å². The minimum absolute atomic E-state index is 0.00286. The average Bonchev–Trinajstić information content (AvgIpc) is 3.47. The third-order valence-electron chi connectivity index (χ3n) is 5.57. The van der Waals surface area contributed by atoms with Crippen LogP contribution in [0.2, 0.25) is 0 Å². The Morgan fingerprint density at radius 1 is 1.40 bits per heavy atom. The lowest BCUT2D eigenvalue weighted by atomic mass is 9.95. The van der Waals surface area contributed by atoms with Gasteiger partial charge in [0.2, 0.25) is 0 Å². The lowest BCUT2D eigenvalue weighted by molar-refractivity contribution is -0.0281. The summed E-state index contributed by atoms with van der Waals surface area (Å²) in [5.41, 5.74) is 4.57. The van der Waals surface area contributed by atoms with Gasteiger partial charge in [0.1, 0.15) is 12.4 Å². The largest absolute Gasteiger partial charge is 0.491 e. The maximum absolute atomic E-state index is 14.1. The molecular formula is C24H32F3N3O4S. The molecular weight excluding hydrogens is 483 g/mol. The van der Waals surface area contributed by atoms with E-state index in [-0.39, 0.29) is 36.0 Å². The summed E-state index contributed by atoms with van der Waals surface area (Å²) in [4.78, 5) is 18.9. The van der Waals surface area contributed by atoms with Gasteiger partial charge < -0.3 is 24.9 Å². The second-order valence-corrected chi connectivity index (χ2v) is 10.6. The van der Waals surface area contributed by atoms with Gasteiger partial charge in [0, 0.05) is 23.2 Å². The molecule has 0 unspecified atom stereocenters. The van der Waals surface area contributed by atoms with Crippen molar-refractivity contribution >= 4 is 17.2 Å². The van der Waals surface area contributed by atoms with E-state index in [0.29, 0.717) is 18.0 Å². The number of alkyl halides is 3. The van der Waals surface area contributed by atoms with Gasteiger partial charge in [-0.25, -0.2) is 4.39 Å². The van der Waals surface area contributed by atoms with Crippen LogP contribution in [0, 0.1) is 0 Å². The quantitative estimate of drug-likeness (QED) is 0.533. The molecule has 1 aromatic carbocycles. The highest BCUT2D eigenvalue weighted by atomic mass is 32.1. The molecule has 0 saturated carbocycles. The number of nitrogens with zero attached hydrogens (tertiary/aromatic N) is 2. The van der Waals surface area contributed by atoms with E-state index in [4.69, 9.17) is 20.3 Å². The predicted molar refractivity (Wildman–Crippen MR) is 127 cm³/mol. The minimum atomic E-state index is -3.77. The van der Waals surface area contributed by atoms with E-state index < -0.39 is 30.1 Å². The number of benzene rings is 1. The molecule has 0 radical (unpaired) electrons. The van der Waals surface area contributed by atoms with Crippen LogP contribution < -0.4 is 15.3 Å². The highest BCUT2D eigenvalue weighted by Crippen LogP contribution is 2.32. The standard InChI is InChI=1S/C24H32F3N3O4S/c1-23(2,3)20-11-30(10-17-5-4-8-33-17)22(35-20)29-21(32)18-9-15(24(26,27)14-25)6-7-19(18)34-13-16(28)12-31/h6-7,9,11,16-17,31H,4-5,8,10,12-14,28H2,1-3H3/b29-22-/t16-,17-/m1/s1. The molecule has 1 aliphatic heterocycles. The molecule has 11 heteroatoms. The van der Waals surface area contributed by atoms with Crippen LogP contribution in [0.25, 0.3) is 0 Å². The molecule has 194 valence electrons. The molecule has 1 amide bonds. The predicted octanol–water partition coefficient (Wildman–Crippen LogP) is 3.53. The van der Waals surface area contributed by atoms with Crippen molar-refractivity contribution in [1.29, 1.82) is 0 Å². The van der Waals surface area contributed by atoms with E-state index in [1.165, 1.54) is 17.4 Å². The first-order valence-electron chi connectivity index (χ1n) is 11.4. The summed E-state index contributed by atoms with van der Waals surface area (Å²) in [5, 5.41) is 9.14. The van der Waals surface area contributed by atoms with Crippen LogP contribution in [0.3, 0.4) is 0 Å². The van der Waals surface area contributed by atoms with Gasteiger partial charge in [-0.05, 0) is 36.5 Å². The topological polar surface area (TPSA) is 99.1 Å². The number of hydrogen-bond acceptors (Lipinski definition) is 6. The maximum atomic E-state index is 14.1. The SMILES string of the molecule is CC(C)(C)c1cn(C[C@H]2CCCO2)/c(=N/C(=O)c2cc(C(F)(F)CF)ccc2OC[C@H](N)CO)s1. The first kappa shape index (κ1) is 27.4. The Labute approximate surface area is 206 Å². The Kier molecular flexibility index (Phi) is 8.79. The summed E-state index contributed by atoms with van der Waals surface area (Å²) in [6.45, 7) is 4.89. The van der Waals surface area contributed by atoms with Crippen molar-refractivity contribution in [3.05, 3.63) is 45.2 Å². The molecule has 0 bridgehead atoms. The van der Waals surface area contributed by atoms with Crippen LogP contribution in [-0.4, -0.2) is 54.2 Å². The molecule has 0 spiro atoms. The van der Waals surface area contributed by atoms with E-state index in [1.807, 2.05) is 31.5 Å². The van der Waals surface area contributed by atoms with Crippen LogP contribution in [0.15, 0.2) is 29.4 Å². The molecule has 2 heterocycles. The summed E-state index contributed by atoms with van der Waals surface area (Å²) >= 11 is 1.33. The van der Waals surface area contributed by atoms with E-state index in [0.717, 1.165) is 29.9 Å². The molecule has 0 aliphatic carbocycles. The highest BCUT2D eigenvalue weighted by Gasteiger charge is 2.33. The molecule has 1 fully saturated rings. The fraction of sp³-hybridized carbons (Fsp3) is 0.583. The fourth-order valence-corrected chi connectivity index (χ4v) is 4.53. The maximum Gasteiger partial charge on any atom is 0.301 e. The van der Waals surface area contributed by atoms with Crippen LogP contribution in [0.1, 0.15) is 54.4 Å². The van der Waals surface area contributed by atoms with Gasteiger partial charge >= 0.3 is 5.92 Å². The molecule has 7 nitrogen and oxygen atoms in total. The Morgan fingerprint density at radius 3 is 2.74 bits per heavy atom. The molecule has 1 saturated heterocycles. The number of aromatic nitrogens is 1. The number of thiazole rings is 1. The van der Waals surface area contributed by atoms with Crippen molar-refractivity contribution in [2.24, 2.45) is 10.7 Å². The smallest absolute Gasteiger partial charge is 0.301 e. The van der Waals surface area contributed by atoms with Gasteiger partial charge in [-0.1, -0.05) is 20.8 Å². The molecule has 1 aliphatic rings. The summed E-state index contributed by atoms with van der Waals surface area (Å²) < 4.78 is 54.2. The van der Waals surface area contributed by atoms with Crippen molar-refractivity contribution in [3.63, 3.8) is 0 Å². The number of halogens is 3. The summed E-state index contributed by atoms with van der Waals surface area (Å²) in [7, 11) is 0. The van der Waals surface area contributed by atoms with E-state index >= 15 is 0 Å².